The van der Waals surface area contributed by atoms with Gasteiger partial charge in [-0.2, -0.15) is 5.10 Å². The number of anilines is 2. The minimum Gasteiger partial charge on any atom is -0.459 e. The van der Waals surface area contributed by atoms with E-state index in [-0.39, 0.29) is 23.5 Å². The molecule has 0 fully saturated rings. The molecule has 0 radical (unpaired) electrons. The van der Waals surface area contributed by atoms with Crippen LogP contribution in [0, 0.1) is 0 Å². The minimum atomic E-state index is -0.344. The number of amides is 1. The van der Waals surface area contributed by atoms with E-state index in [0.29, 0.717) is 11.3 Å². The normalized spacial score (nSPS) is 14.7. The maximum absolute atomic E-state index is 12.8. The summed E-state index contributed by atoms with van der Waals surface area (Å²) in [6, 6.07) is 38.9. The van der Waals surface area contributed by atoms with E-state index in [2.05, 4.69) is 46.7 Å². The van der Waals surface area contributed by atoms with E-state index in [1.807, 2.05) is 48.5 Å². The maximum atomic E-state index is 12.8. The van der Waals surface area contributed by atoms with E-state index in [9.17, 15) is 9.59 Å². The Morgan fingerprint density at radius 3 is 2.20 bits per heavy atom. The van der Waals surface area contributed by atoms with Gasteiger partial charge in [-0.3, -0.25) is 14.6 Å². The molecule has 6 heteroatoms. The average Bonchev–Trinajstić information content (AvgIpc) is 3.73. The second-order valence-corrected chi connectivity index (χ2v) is 9.69. The Hall–Kier alpha value is -5.49. The summed E-state index contributed by atoms with van der Waals surface area (Å²) in [5, 5.41) is 9.85. The molecule has 1 amide bonds. The van der Waals surface area contributed by atoms with Gasteiger partial charge in [0.25, 0.3) is 5.91 Å². The van der Waals surface area contributed by atoms with E-state index in [4.69, 9.17) is 9.52 Å². The van der Waals surface area contributed by atoms with Crippen LogP contribution in [0.1, 0.15) is 50.1 Å². The van der Waals surface area contributed by atoms with E-state index in [1.165, 1.54) is 11.8 Å². The second kappa shape index (κ2) is 11.7. The molecule has 6 rings (SSSR count). The first-order valence-corrected chi connectivity index (χ1v) is 13.4. The van der Waals surface area contributed by atoms with Crippen molar-refractivity contribution < 1.29 is 14.0 Å². The Balaban J connectivity index is 1.15. The monoisotopic (exact) mass is 537 g/mol. The third kappa shape index (κ3) is 5.92. The number of hydrazone groups is 1. The first-order chi connectivity index (χ1) is 20.1. The topological polar surface area (TPSA) is 74.9 Å². The molecule has 0 saturated heterocycles. The first kappa shape index (κ1) is 25.8. The van der Waals surface area contributed by atoms with Gasteiger partial charge in [-0.15, -0.1) is 0 Å². The molecular formula is C35H27N3O3. The summed E-state index contributed by atoms with van der Waals surface area (Å²) in [5.41, 5.74) is 6.40. The molecule has 4 aromatic carbocycles. The van der Waals surface area contributed by atoms with Crippen molar-refractivity contribution >= 4 is 34.9 Å². The quantitative estimate of drug-likeness (QED) is 0.162. The Kier molecular flexibility index (Phi) is 7.36. The van der Waals surface area contributed by atoms with Crippen molar-refractivity contribution in [3.8, 4) is 0 Å². The van der Waals surface area contributed by atoms with Crippen LogP contribution >= 0.6 is 0 Å². The molecule has 6 nitrogen and oxygen atoms in total. The summed E-state index contributed by atoms with van der Waals surface area (Å²) in [4.78, 5) is 24.9. The molecule has 2 heterocycles. The number of carbonyl (C=O) groups excluding carboxylic acids is 2. The van der Waals surface area contributed by atoms with Gasteiger partial charge in [0, 0.05) is 17.7 Å². The number of nitrogens with one attached hydrogen (secondary N) is 1. The van der Waals surface area contributed by atoms with Crippen LogP contribution in [0.2, 0.25) is 0 Å². The van der Waals surface area contributed by atoms with Gasteiger partial charge in [0.1, 0.15) is 0 Å². The number of rotatable bonds is 8. The Morgan fingerprint density at radius 1 is 0.805 bits per heavy atom. The molecule has 5 aromatic rings. The zero-order valence-corrected chi connectivity index (χ0v) is 22.2. The molecule has 1 N–H and O–H groups in total. The number of hydrogen-bond acceptors (Lipinski definition) is 5. The smallest absolute Gasteiger partial charge is 0.291 e. The third-order valence-corrected chi connectivity index (χ3v) is 6.96. The van der Waals surface area contributed by atoms with Crippen molar-refractivity contribution in [2.45, 2.75) is 12.5 Å². The fourth-order valence-electron chi connectivity index (χ4n) is 4.81. The summed E-state index contributed by atoms with van der Waals surface area (Å²) in [6.07, 6.45) is 5.62. The van der Waals surface area contributed by atoms with Gasteiger partial charge in [-0.1, -0.05) is 78.9 Å². The lowest BCUT2D eigenvalue weighted by molar-refractivity contribution is 0.0996. The lowest BCUT2D eigenvalue weighted by Gasteiger charge is -2.24. The van der Waals surface area contributed by atoms with Crippen molar-refractivity contribution in [1.29, 1.82) is 0 Å². The highest BCUT2D eigenvalue weighted by molar-refractivity contribution is 6.07. The summed E-state index contributed by atoms with van der Waals surface area (Å²) in [6.45, 7) is 0. The maximum Gasteiger partial charge on any atom is 0.291 e. The van der Waals surface area contributed by atoms with Crippen LogP contribution in [0.15, 0.2) is 143 Å². The fraction of sp³-hybridized carbons (Fsp3) is 0.0571. The SMILES string of the molecule is O=C(/C=C/c1ccc(N2N=C(c3ccccc3)CC2c2ccccc2)cc1)c1ccc(NC(=O)c2ccco2)cc1. The first-order valence-electron chi connectivity index (χ1n) is 13.4. The number of benzene rings is 4. The number of hydrogen-bond donors (Lipinski definition) is 1. The molecule has 1 aliphatic rings. The molecular weight excluding hydrogens is 510 g/mol. The largest absolute Gasteiger partial charge is 0.459 e. The number of ketones is 1. The molecule has 0 bridgehead atoms. The van der Waals surface area contributed by atoms with Crippen molar-refractivity contribution in [1.82, 2.24) is 0 Å². The minimum absolute atomic E-state index is 0.0983. The molecule has 41 heavy (non-hydrogen) atoms. The van der Waals surface area contributed by atoms with Gasteiger partial charge in [0.05, 0.1) is 23.7 Å². The Labute approximate surface area is 238 Å². The van der Waals surface area contributed by atoms with E-state index >= 15 is 0 Å². The number of nitrogens with zero attached hydrogens (tertiary/aromatic N) is 2. The van der Waals surface area contributed by atoms with Gasteiger partial charge in [-0.25, -0.2) is 0 Å². The van der Waals surface area contributed by atoms with Crippen LogP contribution in [-0.4, -0.2) is 17.4 Å². The highest BCUT2D eigenvalue weighted by Crippen LogP contribution is 2.36. The van der Waals surface area contributed by atoms with Crippen LogP contribution in [0.3, 0.4) is 0 Å². The molecule has 0 saturated carbocycles. The number of allylic oxidation sites excluding steroid dienone is 1. The highest BCUT2D eigenvalue weighted by atomic mass is 16.3. The van der Waals surface area contributed by atoms with Gasteiger partial charge in [-0.05, 0) is 71.3 Å². The van der Waals surface area contributed by atoms with Crippen molar-refractivity contribution in [3.05, 3.63) is 162 Å². The van der Waals surface area contributed by atoms with Gasteiger partial charge in [0.2, 0.25) is 0 Å². The van der Waals surface area contributed by atoms with Gasteiger partial charge < -0.3 is 9.73 Å². The zero-order valence-electron chi connectivity index (χ0n) is 22.2. The molecule has 1 aliphatic heterocycles. The van der Waals surface area contributed by atoms with Gasteiger partial charge in [0.15, 0.2) is 11.5 Å². The fourth-order valence-corrected chi connectivity index (χ4v) is 4.81. The van der Waals surface area contributed by atoms with E-state index < -0.39 is 0 Å². The number of carbonyl (C=O) groups is 2. The predicted octanol–water partition coefficient (Wildman–Crippen LogP) is 7.78. The summed E-state index contributed by atoms with van der Waals surface area (Å²) >= 11 is 0. The van der Waals surface area contributed by atoms with Crippen LogP contribution in [0.5, 0.6) is 0 Å². The Morgan fingerprint density at radius 2 is 1.51 bits per heavy atom. The third-order valence-electron chi connectivity index (χ3n) is 6.96. The highest BCUT2D eigenvalue weighted by Gasteiger charge is 2.29. The number of furan rings is 1. The van der Waals surface area contributed by atoms with Crippen LogP contribution in [0.25, 0.3) is 6.08 Å². The van der Waals surface area contributed by atoms with Crippen molar-refractivity contribution in [3.63, 3.8) is 0 Å². The van der Waals surface area contributed by atoms with Crippen LogP contribution in [0.4, 0.5) is 11.4 Å². The van der Waals surface area contributed by atoms with Crippen molar-refractivity contribution in [2.75, 3.05) is 10.3 Å². The lowest BCUT2D eigenvalue weighted by atomic mass is 9.98. The predicted molar refractivity (Wildman–Crippen MR) is 162 cm³/mol. The lowest BCUT2D eigenvalue weighted by Crippen LogP contribution is -2.18. The van der Waals surface area contributed by atoms with Gasteiger partial charge >= 0.3 is 0 Å². The molecule has 0 spiro atoms. The molecule has 1 aromatic heterocycles. The molecule has 200 valence electrons. The summed E-state index contributed by atoms with van der Waals surface area (Å²) < 4.78 is 5.10. The summed E-state index contributed by atoms with van der Waals surface area (Å²) in [5.74, 6) is -0.245. The van der Waals surface area contributed by atoms with Crippen LogP contribution in [-0.2, 0) is 0 Å². The molecule has 0 aliphatic carbocycles. The summed E-state index contributed by atoms with van der Waals surface area (Å²) in [7, 11) is 0. The van der Waals surface area contributed by atoms with Crippen LogP contribution < -0.4 is 10.3 Å². The van der Waals surface area contributed by atoms with Crippen molar-refractivity contribution in [2.24, 2.45) is 5.10 Å². The Bertz CT molecular complexity index is 1690. The second-order valence-electron chi connectivity index (χ2n) is 9.69. The zero-order chi connectivity index (χ0) is 28.0. The average molecular weight is 538 g/mol. The molecule has 1 atom stereocenters. The standard InChI is InChI=1S/C35H27N3O3/c39-33(28-16-18-29(19-17-28)36-35(40)34-12-7-23-41-34)22-15-25-13-20-30(21-14-25)38-32(27-10-5-2-6-11-27)24-31(37-38)26-8-3-1-4-9-26/h1-23,32H,24H2,(H,36,40)/b22-15+. The van der Waals surface area contributed by atoms with E-state index in [0.717, 1.165) is 28.9 Å². The van der Waals surface area contributed by atoms with E-state index in [1.54, 1.807) is 48.6 Å². The molecule has 1 unspecified atom stereocenters.